The van der Waals surface area contributed by atoms with Crippen LogP contribution in [0.1, 0.15) is 53.7 Å². The van der Waals surface area contributed by atoms with Crippen LogP contribution in [0.5, 0.6) is 5.75 Å². The quantitative estimate of drug-likeness (QED) is 0.740. The van der Waals surface area contributed by atoms with Crippen LogP contribution in [-0.2, 0) is 11.4 Å². The molecule has 1 amide bonds. The van der Waals surface area contributed by atoms with Crippen molar-refractivity contribution in [2.45, 2.75) is 52.7 Å². The summed E-state index contributed by atoms with van der Waals surface area (Å²) in [7, 11) is 0. The van der Waals surface area contributed by atoms with Gasteiger partial charge in [-0.05, 0) is 63.4 Å². The number of hydrogen-bond acceptors (Lipinski definition) is 4. The Morgan fingerprint density at radius 2 is 1.89 bits per heavy atom. The third-order valence-electron chi connectivity index (χ3n) is 4.24. The zero-order chi connectivity index (χ0) is 20.0. The first kappa shape index (κ1) is 20.4. The van der Waals surface area contributed by atoms with Crippen LogP contribution in [0.15, 0.2) is 36.7 Å². The Kier molecular flexibility index (Phi) is 6.55. The van der Waals surface area contributed by atoms with Crippen molar-refractivity contribution < 1.29 is 19.4 Å². The fourth-order valence-electron chi connectivity index (χ4n) is 2.81. The standard InChI is InChI=1S/C21H26N2O4/c1-14-10-17(20(26)23-21(3,4)8-7-18(24)25)11-15(2)19(14)27-13-16-6-5-9-22-12-16/h5-6,9-12H,7-8,13H2,1-4H3,(H,23,26)(H,24,25). The van der Waals surface area contributed by atoms with Crippen LogP contribution in [0.25, 0.3) is 0 Å². The second kappa shape index (κ2) is 8.66. The van der Waals surface area contributed by atoms with E-state index >= 15 is 0 Å². The molecule has 27 heavy (non-hydrogen) atoms. The van der Waals surface area contributed by atoms with Crippen LogP contribution < -0.4 is 10.1 Å². The zero-order valence-corrected chi connectivity index (χ0v) is 16.2. The summed E-state index contributed by atoms with van der Waals surface area (Å²) in [5.41, 5.74) is 2.63. The summed E-state index contributed by atoms with van der Waals surface area (Å²) in [4.78, 5) is 27.4. The number of aliphatic carboxylic acids is 1. The SMILES string of the molecule is Cc1cc(C(=O)NC(C)(C)CCC(=O)O)cc(C)c1OCc1cccnc1. The van der Waals surface area contributed by atoms with E-state index < -0.39 is 11.5 Å². The summed E-state index contributed by atoms with van der Waals surface area (Å²) < 4.78 is 5.92. The molecule has 144 valence electrons. The summed E-state index contributed by atoms with van der Waals surface area (Å²) in [5.74, 6) is -0.352. The van der Waals surface area contributed by atoms with Crippen molar-refractivity contribution in [1.29, 1.82) is 0 Å². The lowest BCUT2D eigenvalue weighted by atomic mass is 9.97. The van der Waals surface area contributed by atoms with Gasteiger partial charge in [-0.2, -0.15) is 0 Å². The molecular formula is C21H26N2O4. The van der Waals surface area contributed by atoms with E-state index in [0.717, 1.165) is 22.4 Å². The Morgan fingerprint density at radius 3 is 2.44 bits per heavy atom. The second-order valence-corrected chi connectivity index (χ2v) is 7.32. The minimum Gasteiger partial charge on any atom is -0.488 e. The number of carbonyl (C=O) groups excluding carboxylic acids is 1. The Balaban J connectivity index is 2.08. The molecule has 0 saturated heterocycles. The monoisotopic (exact) mass is 370 g/mol. The van der Waals surface area contributed by atoms with Crippen LogP contribution in [0.3, 0.4) is 0 Å². The maximum atomic E-state index is 12.6. The molecule has 1 heterocycles. The highest BCUT2D eigenvalue weighted by atomic mass is 16.5. The van der Waals surface area contributed by atoms with Crippen LogP contribution in [0.2, 0.25) is 0 Å². The zero-order valence-electron chi connectivity index (χ0n) is 16.2. The number of carbonyl (C=O) groups is 2. The molecule has 0 atom stereocenters. The number of nitrogens with one attached hydrogen (secondary N) is 1. The van der Waals surface area contributed by atoms with Gasteiger partial charge in [0.1, 0.15) is 12.4 Å². The number of ether oxygens (including phenoxy) is 1. The first-order valence-electron chi connectivity index (χ1n) is 8.85. The third kappa shape index (κ3) is 6.09. The summed E-state index contributed by atoms with van der Waals surface area (Å²) in [6, 6.07) is 7.37. The molecule has 0 aliphatic carbocycles. The molecule has 2 aromatic rings. The molecule has 1 aromatic carbocycles. The van der Waals surface area contributed by atoms with Crippen molar-refractivity contribution in [2.75, 3.05) is 0 Å². The van der Waals surface area contributed by atoms with Crippen molar-refractivity contribution >= 4 is 11.9 Å². The molecule has 6 nitrogen and oxygen atoms in total. The first-order valence-corrected chi connectivity index (χ1v) is 8.85. The van der Waals surface area contributed by atoms with Crippen molar-refractivity contribution in [3.8, 4) is 5.75 Å². The van der Waals surface area contributed by atoms with E-state index in [2.05, 4.69) is 10.3 Å². The van der Waals surface area contributed by atoms with Gasteiger partial charge in [-0.3, -0.25) is 14.6 Å². The fourth-order valence-corrected chi connectivity index (χ4v) is 2.81. The number of pyridine rings is 1. The van der Waals surface area contributed by atoms with Crippen molar-refractivity contribution in [2.24, 2.45) is 0 Å². The van der Waals surface area contributed by atoms with Crippen LogP contribution in [0.4, 0.5) is 0 Å². The molecule has 0 saturated carbocycles. The minimum absolute atomic E-state index is 0.00641. The van der Waals surface area contributed by atoms with Gasteiger partial charge in [0.05, 0.1) is 0 Å². The van der Waals surface area contributed by atoms with Crippen molar-refractivity contribution in [3.63, 3.8) is 0 Å². The van der Waals surface area contributed by atoms with E-state index in [4.69, 9.17) is 9.84 Å². The Labute approximate surface area is 159 Å². The lowest BCUT2D eigenvalue weighted by Crippen LogP contribution is -2.43. The number of aryl methyl sites for hydroxylation is 2. The van der Waals surface area contributed by atoms with Crippen molar-refractivity contribution in [3.05, 3.63) is 58.9 Å². The number of amides is 1. The van der Waals surface area contributed by atoms with Gasteiger partial charge in [-0.1, -0.05) is 6.07 Å². The topological polar surface area (TPSA) is 88.5 Å². The lowest BCUT2D eigenvalue weighted by molar-refractivity contribution is -0.137. The van der Waals surface area contributed by atoms with Gasteiger partial charge in [0.15, 0.2) is 0 Å². The molecule has 1 aromatic heterocycles. The largest absolute Gasteiger partial charge is 0.488 e. The van der Waals surface area contributed by atoms with Crippen LogP contribution in [-0.4, -0.2) is 27.5 Å². The van der Waals surface area contributed by atoms with Crippen LogP contribution >= 0.6 is 0 Å². The number of nitrogens with zero attached hydrogens (tertiary/aromatic N) is 1. The van der Waals surface area contributed by atoms with Gasteiger partial charge in [0.25, 0.3) is 5.91 Å². The number of hydrogen-bond donors (Lipinski definition) is 2. The van der Waals surface area contributed by atoms with Gasteiger partial charge in [0.2, 0.25) is 0 Å². The smallest absolute Gasteiger partial charge is 0.303 e. The molecule has 0 spiro atoms. The van der Waals surface area contributed by atoms with Gasteiger partial charge in [-0.15, -0.1) is 0 Å². The van der Waals surface area contributed by atoms with E-state index in [0.29, 0.717) is 18.6 Å². The van der Waals surface area contributed by atoms with Crippen molar-refractivity contribution in [1.82, 2.24) is 10.3 Å². The molecule has 0 radical (unpaired) electrons. The van der Waals surface area contributed by atoms with E-state index in [9.17, 15) is 9.59 Å². The molecule has 0 bridgehead atoms. The third-order valence-corrected chi connectivity index (χ3v) is 4.24. The summed E-state index contributed by atoms with van der Waals surface area (Å²) in [5, 5.41) is 11.7. The predicted molar refractivity (Wildman–Crippen MR) is 103 cm³/mol. The maximum Gasteiger partial charge on any atom is 0.303 e. The van der Waals surface area contributed by atoms with Gasteiger partial charge < -0.3 is 15.2 Å². The normalized spacial score (nSPS) is 11.1. The minimum atomic E-state index is -0.876. The average Bonchev–Trinajstić information content (AvgIpc) is 2.60. The predicted octanol–water partition coefficient (Wildman–Crippen LogP) is 3.65. The molecule has 0 fully saturated rings. The van der Waals surface area contributed by atoms with Crippen LogP contribution in [0, 0.1) is 13.8 Å². The fraction of sp³-hybridized carbons (Fsp3) is 0.381. The number of benzene rings is 1. The molecule has 0 unspecified atom stereocenters. The molecule has 0 aliphatic heterocycles. The van der Waals surface area contributed by atoms with E-state index in [1.807, 2.05) is 39.8 Å². The molecule has 2 N–H and O–H groups in total. The van der Waals surface area contributed by atoms with E-state index in [1.54, 1.807) is 24.5 Å². The number of carboxylic acid groups (broad SMARTS) is 1. The summed E-state index contributed by atoms with van der Waals surface area (Å²) in [6.07, 6.45) is 3.84. The molecule has 0 aliphatic rings. The highest BCUT2D eigenvalue weighted by Crippen LogP contribution is 2.26. The second-order valence-electron chi connectivity index (χ2n) is 7.32. The number of carboxylic acids is 1. The highest BCUT2D eigenvalue weighted by molar-refractivity contribution is 5.95. The van der Waals surface area contributed by atoms with E-state index in [1.165, 1.54) is 0 Å². The Hall–Kier alpha value is -2.89. The average molecular weight is 370 g/mol. The van der Waals surface area contributed by atoms with Gasteiger partial charge >= 0.3 is 5.97 Å². The van der Waals surface area contributed by atoms with Gasteiger partial charge in [-0.25, -0.2) is 0 Å². The number of aromatic nitrogens is 1. The number of rotatable bonds is 8. The maximum absolute atomic E-state index is 12.6. The molecule has 2 rings (SSSR count). The van der Waals surface area contributed by atoms with E-state index in [-0.39, 0.29) is 12.3 Å². The summed E-state index contributed by atoms with van der Waals surface area (Å²) >= 11 is 0. The molecule has 6 heteroatoms. The van der Waals surface area contributed by atoms with Gasteiger partial charge in [0, 0.05) is 35.5 Å². The lowest BCUT2D eigenvalue weighted by Gasteiger charge is -2.26. The highest BCUT2D eigenvalue weighted by Gasteiger charge is 2.23. The Morgan fingerprint density at radius 1 is 1.22 bits per heavy atom. The molecular weight excluding hydrogens is 344 g/mol. The summed E-state index contributed by atoms with van der Waals surface area (Å²) in [6.45, 7) is 7.84. The Bertz CT molecular complexity index is 793. The first-order chi connectivity index (χ1) is 12.7.